The number of hydrogen-bond acceptors (Lipinski definition) is 6. The smallest absolute Gasteiger partial charge is 0.336 e. The van der Waals surface area contributed by atoms with Gasteiger partial charge in [0.1, 0.15) is 22.8 Å². The minimum atomic E-state index is -0.401. The molecule has 1 aliphatic rings. The molecule has 2 heterocycles. The van der Waals surface area contributed by atoms with Crippen LogP contribution in [-0.4, -0.2) is 21.0 Å². The molecule has 0 fully saturated rings. The molecule has 0 N–H and O–H groups in total. The van der Waals surface area contributed by atoms with Crippen molar-refractivity contribution in [3.8, 4) is 28.4 Å². The van der Waals surface area contributed by atoms with Gasteiger partial charge in [0.05, 0.1) is 19.2 Å². The Kier molecular flexibility index (Phi) is 5.38. The van der Waals surface area contributed by atoms with E-state index in [0.29, 0.717) is 29.6 Å². The van der Waals surface area contributed by atoms with Gasteiger partial charge in [-0.15, -0.1) is 0 Å². The molecule has 33 heavy (non-hydrogen) atoms. The molecule has 5 rings (SSSR count). The second kappa shape index (κ2) is 8.37. The Balaban J connectivity index is 1.61. The van der Waals surface area contributed by atoms with Crippen molar-refractivity contribution in [2.24, 2.45) is 0 Å². The molecule has 3 aromatic carbocycles. The van der Waals surface area contributed by atoms with Gasteiger partial charge in [-0.3, -0.25) is 0 Å². The second-order valence-corrected chi connectivity index (χ2v) is 8.27. The minimum Gasteiger partial charge on any atom is -0.497 e. The monoisotopic (exact) mass is 463 g/mol. The van der Waals surface area contributed by atoms with Gasteiger partial charge in [0.2, 0.25) is 0 Å². The van der Waals surface area contributed by atoms with Crippen molar-refractivity contribution >= 4 is 28.3 Å². The van der Waals surface area contributed by atoms with Crippen molar-refractivity contribution < 1.29 is 18.6 Å². The van der Waals surface area contributed by atoms with E-state index in [0.717, 1.165) is 44.8 Å². The van der Waals surface area contributed by atoms with Gasteiger partial charge < -0.3 is 23.5 Å². The molecule has 0 spiro atoms. The molecule has 168 valence electrons. The standard InChI is InChI=1S/C26H22ClNO5/c1-15-25-17(13-28(14-32-25)18-6-9-23(31-3)22(27)11-18)10-21-20(12-24(29)33-26(15)21)16-4-7-19(30-2)8-5-16/h4-12H,13-14H2,1-3H3. The highest BCUT2D eigenvalue weighted by molar-refractivity contribution is 6.32. The van der Waals surface area contributed by atoms with Crippen LogP contribution in [0.5, 0.6) is 17.2 Å². The highest BCUT2D eigenvalue weighted by Gasteiger charge is 2.24. The van der Waals surface area contributed by atoms with Crippen LogP contribution in [0.2, 0.25) is 5.02 Å². The van der Waals surface area contributed by atoms with Gasteiger partial charge in [0.15, 0.2) is 6.73 Å². The summed E-state index contributed by atoms with van der Waals surface area (Å²) >= 11 is 6.33. The molecular formula is C26H22ClNO5. The fraction of sp³-hybridized carbons (Fsp3) is 0.192. The van der Waals surface area contributed by atoms with E-state index in [1.54, 1.807) is 14.2 Å². The zero-order valence-electron chi connectivity index (χ0n) is 18.5. The Morgan fingerprint density at radius 1 is 1.00 bits per heavy atom. The van der Waals surface area contributed by atoms with Gasteiger partial charge in [0.25, 0.3) is 0 Å². The van der Waals surface area contributed by atoms with E-state index < -0.39 is 5.63 Å². The van der Waals surface area contributed by atoms with Crippen molar-refractivity contribution in [3.05, 3.63) is 81.2 Å². The predicted molar refractivity (Wildman–Crippen MR) is 129 cm³/mol. The third kappa shape index (κ3) is 3.76. The normalized spacial score (nSPS) is 12.9. The number of nitrogens with zero attached hydrogens (tertiary/aromatic N) is 1. The summed E-state index contributed by atoms with van der Waals surface area (Å²) < 4.78 is 22.3. The van der Waals surface area contributed by atoms with Crippen LogP contribution >= 0.6 is 11.6 Å². The molecule has 0 unspecified atom stereocenters. The number of ether oxygens (including phenoxy) is 3. The summed E-state index contributed by atoms with van der Waals surface area (Å²) in [5, 5.41) is 1.40. The van der Waals surface area contributed by atoms with Crippen LogP contribution in [0.3, 0.4) is 0 Å². The lowest BCUT2D eigenvalue weighted by Crippen LogP contribution is -2.32. The lowest BCUT2D eigenvalue weighted by atomic mass is 9.96. The first-order valence-electron chi connectivity index (χ1n) is 10.4. The average Bonchev–Trinajstić information content (AvgIpc) is 2.84. The van der Waals surface area contributed by atoms with E-state index in [4.69, 9.17) is 30.2 Å². The van der Waals surface area contributed by atoms with E-state index in [-0.39, 0.29) is 0 Å². The number of hydrogen-bond donors (Lipinski definition) is 0. The largest absolute Gasteiger partial charge is 0.497 e. The van der Waals surface area contributed by atoms with E-state index in [1.807, 2.05) is 55.5 Å². The minimum absolute atomic E-state index is 0.352. The van der Waals surface area contributed by atoms with Crippen molar-refractivity contribution in [1.29, 1.82) is 0 Å². The molecule has 1 aromatic heterocycles. The van der Waals surface area contributed by atoms with Crippen molar-refractivity contribution in [2.75, 3.05) is 25.9 Å². The Morgan fingerprint density at radius 2 is 1.79 bits per heavy atom. The number of anilines is 1. The van der Waals surface area contributed by atoms with Crippen molar-refractivity contribution in [2.45, 2.75) is 13.5 Å². The van der Waals surface area contributed by atoms with E-state index in [9.17, 15) is 4.79 Å². The van der Waals surface area contributed by atoms with Gasteiger partial charge in [-0.25, -0.2) is 4.79 Å². The van der Waals surface area contributed by atoms with Crippen LogP contribution < -0.4 is 24.7 Å². The lowest BCUT2D eigenvalue weighted by Gasteiger charge is -2.32. The summed E-state index contributed by atoms with van der Waals surface area (Å²) in [5.74, 6) is 2.12. The van der Waals surface area contributed by atoms with Crippen LogP contribution in [-0.2, 0) is 6.54 Å². The first kappa shape index (κ1) is 21.2. The first-order chi connectivity index (χ1) is 16.0. The van der Waals surface area contributed by atoms with E-state index in [1.165, 1.54) is 6.07 Å². The predicted octanol–water partition coefficient (Wildman–Crippen LogP) is 5.80. The molecule has 6 nitrogen and oxygen atoms in total. The number of methoxy groups -OCH3 is 2. The maximum absolute atomic E-state index is 12.4. The second-order valence-electron chi connectivity index (χ2n) is 7.86. The van der Waals surface area contributed by atoms with Gasteiger partial charge in [-0.1, -0.05) is 23.7 Å². The van der Waals surface area contributed by atoms with Crippen molar-refractivity contribution in [1.82, 2.24) is 0 Å². The molecule has 1 aliphatic heterocycles. The van der Waals surface area contributed by atoms with Crippen LogP contribution in [0, 0.1) is 6.92 Å². The quantitative estimate of drug-likeness (QED) is 0.357. The fourth-order valence-corrected chi connectivity index (χ4v) is 4.50. The number of fused-ring (bicyclic) bond motifs is 2. The Labute approximate surface area is 195 Å². The van der Waals surface area contributed by atoms with E-state index in [2.05, 4.69) is 4.90 Å². The maximum atomic E-state index is 12.4. The topological polar surface area (TPSA) is 61.1 Å². The van der Waals surface area contributed by atoms with E-state index >= 15 is 0 Å². The van der Waals surface area contributed by atoms with Crippen LogP contribution in [0.25, 0.3) is 22.1 Å². The molecule has 4 aromatic rings. The zero-order chi connectivity index (χ0) is 23.1. The highest BCUT2D eigenvalue weighted by atomic mass is 35.5. The summed E-state index contributed by atoms with van der Waals surface area (Å²) in [6, 6.07) is 16.8. The highest BCUT2D eigenvalue weighted by Crippen LogP contribution is 2.40. The fourth-order valence-electron chi connectivity index (χ4n) is 4.25. The average molecular weight is 464 g/mol. The maximum Gasteiger partial charge on any atom is 0.336 e. The summed E-state index contributed by atoms with van der Waals surface area (Å²) in [6.07, 6.45) is 0. The molecule has 0 aliphatic carbocycles. The molecule has 0 atom stereocenters. The molecule has 0 saturated heterocycles. The lowest BCUT2D eigenvalue weighted by molar-refractivity contribution is 0.287. The number of rotatable bonds is 4. The molecule has 0 bridgehead atoms. The van der Waals surface area contributed by atoms with Crippen molar-refractivity contribution in [3.63, 3.8) is 0 Å². The number of benzene rings is 3. The molecule has 0 amide bonds. The zero-order valence-corrected chi connectivity index (χ0v) is 19.2. The SMILES string of the molecule is COc1ccc(-c2cc(=O)oc3c(C)c4c(cc23)CN(c2ccc(OC)c(Cl)c2)CO4)cc1. The van der Waals surface area contributed by atoms with Crippen LogP contribution in [0.15, 0.2) is 63.8 Å². The summed E-state index contributed by atoms with van der Waals surface area (Å²) in [7, 11) is 3.22. The molecule has 7 heteroatoms. The molecule has 0 radical (unpaired) electrons. The third-order valence-electron chi connectivity index (χ3n) is 5.92. The number of aryl methyl sites for hydroxylation is 1. The van der Waals surface area contributed by atoms with Gasteiger partial charge in [-0.2, -0.15) is 0 Å². The van der Waals surface area contributed by atoms with Gasteiger partial charge >= 0.3 is 5.63 Å². The Morgan fingerprint density at radius 3 is 2.48 bits per heavy atom. The Hall–Kier alpha value is -3.64. The van der Waals surface area contributed by atoms with Gasteiger partial charge in [-0.05, 0) is 54.4 Å². The number of halogens is 1. The summed E-state index contributed by atoms with van der Waals surface area (Å²) in [5.41, 5.74) is 4.58. The molecular weight excluding hydrogens is 442 g/mol. The summed E-state index contributed by atoms with van der Waals surface area (Å²) in [6.45, 7) is 2.89. The van der Waals surface area contributed by atoms with Gasteiger partial charge in [0, 0.05) is 34.8 Å². The third-order valence-corrected chi connectivity index (χ3v) is 6.21. The molecule has 0 saturated carbocycles. The Bertz CT molecular complexity index is 1410. The summed E-state index contributed by atoms with van der Waals surface area (Å²) in [4.78, 5) is 14.5. The van der Waals surface area contributed by atoms with Crippen LogP contribution in [0.4, 0.5) is 5.69 Å². The first-order valence-corrected chi connectivity index (χ1v) is 10.8. The van der Waals surface area contributed by atoms with Crippen LogP contribution in [0.1, 0.15) is 11.1 Å².